The SMILES string of the molecule is Cc1nc(C)c([C@@H](C)N(C)S(=O)(=O)c2ccccc2OC(F)(F)F)s1. The van der Waals surface area contributed by atoms with Crippen molar-refractivity contribution in [3.63, 3.8) is 0 Å². The maximum absolute atomic E-state index is 12.8. The van der Waals surface area contributed by atoms with Crippen LogP contribution < -0.4 is 4.74 Å². The topological polar surface area (TPSA) is 59.5 Å². The number of sulfonamides is 1. The highest BCUT2D eigenvalue weighted by Gasteiger charge is 2.36. The second kappa shape index (κ2) is 6.93. The fourth-order valence-electron chi connectivity index (χ4n) is 2.34. The summed E-state index contributed by atoms with van der Waals surface area (Å²) in [7, 11) is -2.89. The van der Waals surface area contributed by atoms with Gasteiger partial charge in [0, 0.05) is 11.9 Å². The van der Waals surface area contributed by atoms with Crippen LogP contribution in [0.2, 0.25) is 0 Å². The number of benzene rings is 1. The molecule has 0 aliphatic heterocycles. The second-order valence-electron chi connectivity index (χ2n) is 5.37. The quantitative estimate of drug-likeness (QED) is 0.768. The van der Waals surface area contributed by atoms with Crippen LogP contribution in [0, 0.1) is 13.8 Å². The second-order valence-corrected chi connectivity index (χ2v) is 8.58. The first-order valence-corrected chi connectivity index (χ1v) is 9.46. The molecule has 0 bridgehead atoms. The fraction of sp³-hybridized carbons (Fsp3) is 0.400. The van der Waals surface area contributed by atoms with Crippen LogP contribution in [-0.2, 0) is 10.0 Å². The van der Waals surface area contributed by atoms with Gasteiger partial charge in [0.25, 0.3) is 0 Å². The van der Waals surface area contributed by atoms with E-state index in [4.69, 9.17) is 0 Å². The highest BCUT2D eigenvalue weighted by atomic mass is 32.2. The molecular formula is C15H17F3N2O3S2. The van der Waals surface area contributed by atoms with Gasteiger partial charge in [-0.3, -0.25) is 0 Å². The Hall–Kier alpha value is -1.65. The van der Waals surface area contributed by atoms with E-state index in [0.717, 1.165) is 26.3 Å². The lowest BCUT2D eigenvalue weighted by atomic mass is 10.2. The van der Waals surface area contributed by atoms with E-state index in [2.05, 4.69) is 9.72 Å². The Kier molecular flexibility index (Phi) is 5.45. The summed E-state index contributed by atoms with van der Waals surface area (Å²) in [5.41, 5.74) is 0.692. The summed E-state index contributed by atoms with van der Waals surface area (Å²) in [5.74, 6) is -0.758. The number of halogens is 3. The summed E-state index contributed by atoms with van der Waals surface area (Å²) in [6, 6.07) is 4.10. The minimum absolute atomic E-state index is 0.541. The molecule has 1 aromatic heterocycles. The normalized spacial score (nSPS) is 13.9. The van der Waals surface area contributed by atoms with Gasteiger partial charge in [0.2, 0.25) is 10.0 Å². The summed E-state index contributed by atoms with van der Waals surface area (Å²) < 4.78 is 68.2. The minimum atomic E-state index is -4.98. The van der Waals surface area contributed by atoms with E-state index in [1.54, 1.807) is 20.8 Å². The molecule has 25 heavy (non-hydrogen) atoms. The van der Waals surface area contributed by atoms with Crippen LogP contribution in [0.3, 0.4) is 0 Å². The lowest BCUT2D eigenvalue weighted by Crippen LogP contribution is -2.30. The van der Waals surface area contributed by atoms with Gasteiger partial charge >= 0.3 is 6.36 Å². The first kappa shape index (κ1) is 19.7. The van der Waals surface area contributed by atoms with E-state index >= 15 is 0 Å². The molecule has 0 radical (unpaired) electrons. The van der Waals surface area contributed by atoms with Gasteiger partial charge < -0.3 is 4.74 Å². The molecule has 138 valence electrons. The number of aryl methyl sites for hydroxylation is 2. The number of nitrogens with zero attached hydrogens (tertiary/aromatic N) is 2. The van der Waals surface area contributed by atoms with Gasteiger partial charge in [-0.1, -0.05) is 12.1 Å². The molecule has 0 amide bonds. The Morgan fingerprint density at radius 2 is 1.84 bits per heavy atom. The molecule has 2 aromatic rings. The molecular weight excluding hydrogens is 377 g/mol. The number of thiazole rings is 1. The lowest BCUT2D eigenvalue weighted by Gasteiger charge is -2.25. The molecule has 1 heterocycles. The third kappa shape index (κ3) is 4.31. The fourth-order valence-corrected chi connectivity index (χ4v) is 4.87. The van der Waals surface area contributed by atoms with Crippen LogP contribution in [0.15, 0.2) is 29.2 Å². The van der Waals surface area contributed by atoms with Crippen LogP contribution in [0.25, 0.3) is 0 Å². The first-order chi connectivity index (χ1) is 11.4. The van der Waals surface area contributed by atoms with Gasteiger partial charge in [-0.2, -0.15) is 4.31 Å². The average Bonchev–Trinajstić information content (AvgIpc) is 2.83. The number of para-hydroxylation sites is 1. The number of ether oxygens (including phenoxy) is 1. The Morgan fingerprint density at radius 3 is 2.36 bits per heavy atom. The first-order valence-electron chi connectivity index (χ1n) is 7.20. The molecule has 0 saturated carbocycles. The summed E-state index contributed by atoms with van der Waals surface area (Å²) >= 11 is 1.35. The van der Waals surface area contributed by atoms with Crippen LogP contribution >= 0.6 is 11.3 Å². The van der Waals surface area contributed by atoms with Crippen LogP contribution in [0.5, 0.6) is 5.75 Å². The van der Waals surface area contributed by atoms with Crippen molar-refractivity contribution in [3.8, 4) is 5.75 Å². The van der Waals surface area contributed by atoms with E-state index in [0.29, 0.717) is 5.69 Å². The van der Waals surface area contributed by atoms with E-state index in [9.17, 15) is 21.6 Å². The Balaban J connectivity index is 2.43. The van der Waals surface area contributed by atoms with Gasteiger partial charge in [0.05, 0.1) is 16.7 Å². The highest BCUT2D eigenvalue weighted by Crippen LogP contribution is 2.35. The molecule has 0 N–H and O–H groups in total. The van der Waals surface area contributed by atoms with Gasteiger partial charge in [0.1, 0.15) is 10.6 Å². The predicted molar refractivity (Wildman–Crippen MR) is 88.1 cm³/mol. The Bertz CT molecular complexity index is 863. The monoisotopic (exact) mass is 394 g/mol. The molecule has 2 rings (SSSR count). The zero-order valence-electron chi connectivity index (χ0n) is 14.0. The number of hydrogen-bond acceptors (Lipinski definition) is 5. The van der Waals surface area contributed by atoms with Crippen molar-refractivity contribution in [2.45, 2.75) is 38.1 Å². The Morgan fingerprint density at radius 1 is 1.24 bits per heavy atom. The predicted octanol–water partition coefficient (Wildman–Crippen LogP) is 4.04. The summed E-state index contributed by atoms with van der Waals surface area (Å²) in [6.07, 6.45) is -4.98. The van der Waals surface area contributed by atoms with Crippen LogP contribution in [-0.4, -0.2) is 31.1 Å². The van der Waals surface area contributed by atoms with Crippen LogP contribution in [0.1, 0.15) is 28.5 Å². The summed E-state index contributed by atoms with van der Waals surface area (Å²) in [4.78, 5) is 4.45. The maximum Gasteiger partial charge on any atom is 0.573 e. The van der Waals surface area contributed by atoms with E-state index in [-0.39, 0.29) is 0 Å². The molecule has 0 aliphatic rings. The number of alkyl halides is 3. The van der Waals surface area contributed by atoms with Gasteiger partial charge in [-0.25, -0.2) is 13.4 Å². The Labute approximate surface area is 148 Å². The van der Waals surface area contributed by atoms with E-state index in [1.165, 1.54) is 30.5 Å². The van der Waals surface area contributed by atoms with E-state index in [1.807, 2.05) is 0 Å². The molecule has 1 atom stereocenters. The largest absolute Gasteiger partial charge is 0.573 e. The zero-order valence-corrected chi connectivity index (χ0v) is 15.6. The van der Waals surface area contributed by atoms with Crippen LogP contribution in [0.4, 0.5) is 13.2 Å². The molecule has 0 aliphatic carbocycles. The van der Waals surface area contributed by atoms with Crippen molar-refractivity contribution >= 4 is 21.4 Å². The van der Waals surface area contributed by atoms with Crippen molar-refractivity contribution in [3.05, 3.63) is 39.8 Å². The van der Waals surface area contributed by atoms with Crippen molar-refractivity contribution in [1.82, 2.24) is 9.29 Å². The van der Waals surface area contributed by atoms with Gasteiger partial charge in [-0.15, -0.1) is 24.5 Å². The third-order valence-corrected chi connectivity index (χ3v) is 6.81. The standard InChI is InChI=1S/C15H17F3N2O3S2/c1-9-14(24-11(3)19-9)10(2)20(4)25(21,22)13-8-6-5-7-12(13)23-15(16,17)18/h5-8,10H,1-4H3/t10-/m1/s1. The molecule has 0 fully saturated rings. The number of rotatable bonds is 5. The molecule has 10 heteroatoms. The highest BCUT2D eigenvalue weighted by molar-refractivity contribution is 7.89. The molecule has 1 aromatic carbocycles. The molecule has 5 nitrogen and oxygen atoms in total. The lowest BCUT2D eigenvalue weighted by molar-refractivity contribution is -0.275. The van der Waals surface area contributed by atoms with Crippen molar-refractivity contribution in [2.75, 3.05) is 7.05 Å². The van der Waals surface area contributed by atoms with Crippen molar-refractivity contribution in [1.29, 1.82) is 0 Å². The number of aromatic nitrogens is 1. The van der Waals surface area contributed by atoms with Gasteiger partial charge in [0.15, 0.2) is 0 Å². The molecule has 0 saturated heterocycles. The smallest absolute Gasteiger partial charge is 0.404 e. The average molecular weight is 394 g/mol. The summed E-state index contributed by atoms with van der Waals surface area (Å²) in [5, 5.41) is 0.783. The zero-order chi connectivity index (χ0) is 19.0. The molecule has 0 unspecified atom stereocenters. The summed E-state index contributed by atoms with van der Waals surface area (Å²) in [6.45, 7) is 5.22. The third-order valence-electron chi connectivity index (χ3n) is 3.60. The van der Waals surface area contributed by atoms with Gasteiger partial charge in [-0.05, 0) is 32.9 Å². The van der Waals surface area contributed by atoms with Crippen molar-refractivity contribution < 1.29 is 26.3 Å². The van der Waals surface area contributed by atoms with Crippen molar-refractivity contribution in [2.24, 2.45) is 0 Å². The minimum Gasteiger partial charge on any atom is -0.404 e. The number of hydrogen-bond donors (Lipinski definition) is 0. The van der Waals surface area contributed by atoms with E-state index < -0.39 is 33.1 Å². The maximum atomic E-state index is 12.8. The molecule has 0 spiro atoms.